The predicted octanol–water partition coefficient (Wildman–Crippen LogP) is 8.59. The van der Waals surface area contributed by atoms with Gasteiger partial charge in [0.15, 0.2) is 0 Å². The Morgan fingerprint density at radius 1 is 1.07 bits per heavy atom. The number of fused-ring (bicyclic) bond motifs is 1. The third-order valence-corrected chi connectivity index (χ3v) is 8.79. The van der Waals surface area contributed by atoms with Gasteiger partial charge < -0.3 is 15.6 Å². The van der Waals surface area contributed by atoms with Crippen LogP contribution in [0.15, 0.2) is 85.3 Å². The Morgan fingerprint density at radius 3 is 2.63 bits per heavy atom. The lowest BCUT2D eigenvalue weighted by atomic mass is 9.86. The molecule has 0 unspecified atom stereocenters. The van der Waals surface area contributed by atoms with Crippen LogP contribution in [0.3, 0.4) is 0 Å². The number of nitrogens with zero attached hydrogens (tertiary/aromatic N) is 3. The maximum atomic E-state index is 4.93. The lowest BCUT2D eigenvalue weighted by Crippen LogP contribution is -2.10. The van der Waals surface area contributed by atoms with Crippen LogP contribution in [-0.2, 0) is 6.42 Å². The van der Waals surface area contributed by atoms with Gasteiger partial charge in [-0.2, -0.15) is 0 Å². The molecule has 7 heteroatoms. The van der Waals surface area contributed by atoms with Gasteiger partial charge in [0.25, 0.3) is 0 Å². The number of thiophene rings is 1. The number of pyridine rings is 2. The van der Waals surface area contributed by atoms with Crippen molar-refractivity contribution in [3.8, 4) is 10.4 Å². The topological polar surface area (TPSA) is 78.5 Å². The number of aromatic nitrogens is 4. The van der Waals surface area contributed by atoms with Crippen molar-refractivity contribution in [2.75, 3.05) is 12.4 Å². The normalized spacial score (nSPS) is 14.8. The number of hydrogen-bond acceptors (Lipinski definition) is 6. The molecule has 1 aliphatic rings. The molecule has 41 heavy (non-hydrogen) atoms. The van der Waals surface area contributed by atoms with E-state index in [0.717, 1.165) is 68.6 Å². The number of hydrogen-bond donors (Lipinski definition) is 3. The van der Waals surface area contributed by atoms with E-state index < -0.39 is 0 Å². The van der Waals surface area contributed by atoms with Crippen LogP contribution in [0.5, 0.6) is 0 Å². The Kier molecular flexibility index (Phi) is 9.14. The van der Waals surface area contributed by atoms with Gasteiger partial charge in [-0.05, 0) is 67.2 Å². The second kappa shape index (κ2) is 13.1. The van der Waals surface area contributed by atoms with Crippen LogP contribution in [0.1, 0.15) is 61.7 Å². The van der Waals surface area contributed by atoms with E-state index in [2.05, 4.69) is 82.9 Å². The largest absolute Gasteiger partial charge is 0.388 e. The van der Waals surface area contributed by atoms with Gasteiger partial charge >= 0.3 is 0 Å². The first-order valence-electron chi connectivity index (χ1n) is 14.4. The van der Waals surface area contributed by atoms with Crippen molar-refractivity contribution in [1.82, 2.24) is 25.3 Å². The van der Waals surface area contributed by atoms with Gasteiger partial charge in [0, 0.05) is 52.6 Å². The summed E-state index contributed by atoms with van der Waals surface area (Å²) in [7, 11) is 1.92. The minimum absolute atomic E-state index is 0.598. The van der Waals surface area contributed by atoms with E-state index in [-0.39, 0.29) is 0 Å². The average Bonchev–Trinajstić information content (AvgIpc) is 3.59. The van der Waals surface area contributed by atoms with Gasteiger partial charge in [-0.3, -0.25) is 9.97 Å². The van der Waals surface area contributed by atoms with Crippen molar-refractivity contribution in [2.45, 2.75) is 58.8 Å². The van der Waals surface area contributed by atoms with Gasteiger partial charge in [-0.15, -0.1) is 11.3 Å². The summed E-state index contributed by atoms with van der Waals surface area (Å²) in [4.78, 5) is 19.7. The molecule has 0 aromatic carbocycles. The summed E-state index contributed by atoms with van der Waals surface area (Å²) in [5.74, 6) is 1.62. The number of rotatable bonds is 11. The van der Waals surface area contributed by atoms with E-state index in [4.69, 9.17) is 4.98 Å². The Bertz CT molecular complexity index is 1600. The smallest absolute Gasteiger partial charge is 0.111 e. The molecule has 0 atom stereocenters. The molecule has 3 N–H and O–H groups in total. The number of allylic oxidation sites excluding steroid dienone is 5. The Morgan fingerprint density at radius 2 is 1.88 bits per heavy atom. The molecule has 0 amide bonds. The summed E-state index contributed by atoms with van der Waals surface area (Å²) in [6.45, 7) is 12.9. The first kappa shape index (κ1) is 28.6. The second-order valence-electron chi connectivity index (χ2n) is 11.0. The summed E-state index contributed by atoms with van der Waals surface area (Å²) in [5, 5.41) is 6.80. The summed E-state index contributed by atoms with van der Waals surface area (Å²) >= 11 is 1.76. The van der Waals surface area contributed by atoms with Crippen LogP contribution in [0.2, 0.25) is 0 Å². The fourth-order valence-corrected chi connectivity index (χ4v) is 6.40. The van der Waals surface area contributed by atoms with Crippen molar-refractivity contribution in [3.05, 3.63) is 102 Å². The highest BCUT2D eigenvalue weighted by Crippen LogP contribution is 2.32. The highest BCUT2D eigenvalue weighted by molar-refractivity contribution is 7.15. The molecule has 0 saturated heterocycles. The third kappa shape index (κ3) is 7.22. The highest BCUT2D eigenvalue weighted by atomic mass is 32.1. The molecule has 212 valence electrons. The highest BCUT2D eigenvalue weighted by Gasteiger charge is 2.15. The molecule has 0 aliphatic heterocycles. The first-order chi connectivity index (χ1) is 19.9. The summed E-state index contributed by atoms with van der Waals surface area (Å²) in [6.07, 6.45) is 20.0. The minimum atomic E-state index is 0.598. The lowest BCUT2D eigenvalue weighted by Gasteiger charge is -2.23. The number of anilines is 1. The molecule has 4 aromatic rings. The van der Waals surface area contributed by atoms with Crippen LogP contribution in [-0.4, -0.2) is 27.0 Å². The Hall–Kier alpha value is -3.97. The van der Waals surface area contributed by atoms with Crippen LogP contribution in [0.25, 0.3) is 27.0 Å². The number of H-pyrrole nitrogens is 1. The minimum Gasteiger partial charge on any atom is -0.388 e. The number of aromatic amines is 1. The van der Waals surface area contributed by atoms with Crippen LogP contribution in [0, 0.1) is 12.8 Å². The van der Waals surface area contributed by atoms with Gasteiger partial charge in [0.05, 0.1) is 23.6 Å². The maximum Gasteiger partial charge on any atom is 0.111 e. The summed E-state index contributed by atoms with van der Waals surface area (Å²) < 4.78 is 0. The summed E-state index contributed by atoms with van der Waals surface area (Å²) in [5.41, 5.74) is 9.08. The van der Waals surface area contributed by atoms with Gasteiger partial charge in [-0.1, -0.05) is 51.3 Å². The standard InChI is InChI=1S/C34H40N6S/c1-22(27-17-28(19-36-18-27)38-24(3)16-26-9-7-6-8-10-26)11-13-30(35-5)23(2)15-33-39-31-21-37-20-29(34(31)40-33)32-14-12-25(4)41-32/h11-14,17-21,26,35,38H,2-3,6-10,15-16H2,1,4-5H3,(H,39,40)/b22-11+,30-13+. The first-order valence-corrected chi connectivity index (χ1v) is 15.3. The van der Waals surface area contributed by atoms with Crippen molar-refractivity contribution in [1.29, 1.82) is 0 Å². The number of imidazole rings is 1. The predicted molar refractivity (Wildman–Crippen MR) is 174 cm³/mol. The molecule has 0 bridgehead atoms. The molecule has 1 aliphatic carbocycles. The zero-order valence-corrected chi connectivity index (χ0v) is 25.2. The molecule has 1 fully saturated rings. The quantitative estimate of drug-likeness (QED) is 0.159. The fraction of sp³-hybridized carbons (Fsp3) is 0.324. The van der Waals surface area contributed by atoms with E-state index in [9.17, 15) is 0 Å². The van der Waals surface area contributed by atoms with E-state index in [0.29, 0.717) is 6.42 Å². The van der Waals surface area contributed by atoms with E-state index in [1.807, 2.05) is 31.8 Å². The van der Waals surface area contributed by atoms with Gasteiger partial charge in [0.1, 0.15) is 11.3 Å². The molecule has 4 aromatic heterocycles. The van der Waals surface area contributed by atoms with Gasteiger partial charge in [-0.25, -0.2) is 4.98 Å². The summed E-state index contributed by atoms with van der Waals surface area (Å²) in [6, 6.07) is 6.41. The van der Waals surface area contributed by atoms with Crippen molar-refractivity contribution in [3.63, 3.8) is 0 Å². The molecular formula is C34H40N6S. The van der Waals surface area contributed by atoms with Crippen molar-refractivity contribution < 1.29 is 0 Å². The average molecular weight is 565 g/mol. The molecule has 0 radical (unpaired) electrons. The maximum absolute atomic E-state index is 4.93. The zero-order chi connectivity index (χ0) is 28.8. The number of likely N-dealkylation sites (N-methyl/N-ethyl adjacent to an activating group) is 1. The van der Waals surface area contributed by atoms with Crippen LogP contribution < -0.4 is 10.6 Å². The lowest BCUT2D eigenvalue weighted by molar-refractivity contribution is 0.357. The van der Waals surface area contributed by atoms with Crippen LogP contribution in [0.4, 0.5) is 5.69 Å². The SMILES string of the molecule is C=C(CC1CCCCC1)Nc1cncc(/C(C)=C/C=C(/NC)C(=C)Cc2nc3c(-c4ccc(C)s4)cncc3[nH]2)c1. The number of nitrogens with one attached hydrogen (secondary N) is 3. The van der Waals surface area contributed by atoms with Crippen LogP contribution >= 0.6 is 11.3 Å². The molecule has 5 rings (SSSR count). The zero-order valence-electron chi connectivity index (χ0n) is 24.4. The molecule has 4 heterocycles. The molecule has 0 spiro atoms. The van der Waals surface area contributed by atoms with Gasteiger partial charge in [0.2, 0.25) is 0 Å². The molecule has 1 saturated carbocycles. The second-order valence-corrected chi connectivity index (χ2v) is 12.3. The van der Waals surface area contributed by atoms with Crippen molar-refractivity contribution >= 4 is 33.6 Å². The van der Waals surface area contributed by atoms with E-state index >= 15 is 0 Å². The monoisotopic (exact) mass is 564 g/mol. The molecule has 6 nitrogen and oxygen atoms in total. The fourth-order valence-electron chi connectivity index (χ4n) is 5.53. The van der Waals surface area contributed by atoms with E-state index in [1.54, 1.807) is 11.3 Å². The Balaban J connectivity index is 1.26. The molecular weight excluding hydrogens is 524 g/mol. The Labute approximate surface area is 247 Å². The van der Waals surface area contributed by atoms with E-state index in [1.165, 1.54) is 41.9 Å². The van der Waals surface area contributed by atoms with Crippen molar-refractivity contribution in [2.24, 2.45) is 5.92 Å². The number of aryl methyl sites for hydroxylation is 1. The third-order valence-electron chi connectivity index (χ3n) is 7.75.